The zero-order chi connectivity index (χ0) is 9.97. The third kappa shape index (κ3) is 2.02. The fourth-order valence-electron chi connectivity index (χ4n) is 1.75. The summed E-state index contributed by atoms with van der Waals surface area (Å²) in [4.78, 5) is 0. The topological polar surface area (TPSA) is 29.5 Å². The lowest BCUT2D eigenvalue weighted by atomic mass is 10.2. The van der Waals surface area contributed by atoms with Crippen molar-refractivity contribution >= 4 is 11.6 Å². The summed E-state index contributed by atoms with van der Waals surface area (Å²) in [6, 6.07) is 7.36. The van der Waals surface area contributed by atoms with Crippen molar-refractivity contribution < 1.29 is 9.84 Å². The Morgan fingerprint density at radius 1 is 1.29 bits per heavy atom. The molecule has 1 fully saturated rings. The highest BCUT2D eigenvalue weighted by atomic mass is 35.5. The molecule has 2 atom stereocenters. The quantitative estimate of drug-likeness (QED) is 0.817. The largest absolute Gasteiger partial charge is 0.486 e. The molecule has 0 aliphatic heterocycles. The Balaban J connectivity index is 2.07. The predicted octanol–water partition coefficient (Wildman–Crippen LogP) is 2.63. The highest BCUT2D eigenvalue weighted by molar-refractivity contribution is 6.32. The predicted molar refractivity (Wildman–Crippen MR) is 55.7 cm³/mol. The molecule has 1 N–H and O–H groups in total. The van der Waals surface area contributed by atoms with Gasteiger partial charge in [-0.15, -0.1) is 0 Å². The van der Waals surface area contributed by atoms with Crippen molar-refractivity contribution in [1.82, 2.24) is 0 Å². The Hall–Kier alpha value is -0.730. The second-order valence-corrected chi connectivity index (χ2v) is 3.99. The number of aliphatic hydroxyl groups excluding tert-OH is 1. The third-order valence-electron chi connectivity index (χ3n) is 2.53. The number of para-hydroxylation sites is 1. The molecule has 1 aromatic carbocycles. The number of aliphatic hydroxyl groups is 1. The molecule has 0 spiro atoms. The summed E-state index contributed by atoms with van der Waals surface area (Å²) in [5.41, 5.74) is 0. The molecule has 0 heterocycles. The van der Waals surface area contributed by atoms with Crippen LogP contribution in [0.2, 0.25) is 5.02 Å². The number of hydrogen-bond donors (Lipinski definition) is 1. The number of ether oxygens (including phenoxy) is 1. The van der Waals surface area contributed by atoms with Gasteiger partial charge in [-0.2, -0.15) is 0 Å². The van der Waals surface area contributed by atoms with Gasteiger partial charge < -0.3 is 9.84 Å². The maximum atomic E-state index is 9.57. The SMILES string of the molecule is O[C@@H]1CCC[C@H]1Oc1ccccc1Cl. The van der Waals surface area contributed by atoms with E-state index in [1.807, 2.05) is 18.2 Å². The van der Waals surface area contributed by atoms with E-state index in [-0.39, 0.29) is 12.2 Å². The zero-order valence-electron chi connectivity index (χ0n) is 7.82. The Kier molecular flexibility index (Phi) is 2.94. The molecule has 0 saturated heterocycles. The van der Waals surface area contributed by atoms with Gasteiger partial charge in [-0.3, -0.25) is 0 Å². The van der Waals surface area contributed by atoms with Gasteiger partial charge in [-0.1, -0.05) is 23.7 Å². The molecule has 0 unspecified atom stereocenters. The van der Waals surface area contributed by atoms with Crippen LogP contribution in [-0.4, -0.2) is 17.3 Å². The summed E-state index contributed by atoms with van der Waals surface area (Å²) >= 11 is 5.94. The van der Waals surface area contributed by atoms with Gasteiger partial charge in [0, 0.05) is 0 Å². The van der Waals surface area contributed by atoms with Crippen molar-refractivity contribution in [2.45, 2.75) is 31.5 Å². The average Bonchev–Trinajstić information content (AvgIpc) is 2.56. The van der Waals surface area contributed by atoms with Crippen LogP contribution in [-0.2, 0) is 0 Å². The minimum atomic E-state index is -0.341. The maximum absolute atomic E-state index is 9.57. The minimum Gasteiger partial charge on any atom is -0.486 e. The molecule has 3 heteroatoms. The van der Waals surface area contributed by atoms with Gasteiger partial charge in [0.05, 0.1) is 11.1 Å². The van der Waals surface area contributed by atoms with Gasteiger partial charge in [0.2, 0.25) is 0 Å². The highest BCUT2D eigenvalue weighted by Crippen LogP contribution is 2.29. The molecule has 0 radical (unpaired) electrons. The fourth-order valence-corrected chi connectivity index (χ4v) is 1.93. The number of benzene rings is 1. The summed E-state index contributed by atoms with van der Waals surface area (Å²) in [5, 5.41) is 10.2. The first-order valence-electron chi connectivity index (χ1n) is 4.86. The molecule has 0 amide bonds. The summed E-state index contributed by atoms with van der Waals surface area (Å²) in [7, 11) is 0. The van der Waals surface area contributed by atoms with E-state index in [9.17, 15) is 5.11 Å². The van der Waals surface area contributed by atoms with Gasteiger partial charge in [0.1, 0.15) is 11.9 Å². The average molecular weight is 213 g/mol. The summed E-state index contributed by atoms with van der Waals surface area (Å²) in [6.07, 6.45) is 2.33. The second-order valence-electron chi connectivity index (χ2n) is 3.58. The van der Waals surface area contributed by atoms with Crippen molar-refractivity contribution in [3.8, 4) is 5.75 Å². The smallest absolute Gasteiger partial charge is 0.138 e. The monoisotopic (exact) mass is 212 g/mol. The van der Waals surface area contributed by atoms with Crippen molar-refractivity contribution in [3.05, 3.63) is 29.3 Å². The lowest BCUT2D eigenvalue weighted by molar-refractivity contribution is 0.0605. The van der Waals surface area contributed by atoms with Crippen molar-refractivity contribution in [1.29, 1.82) is 0 Å². The standard InChI is InChI=1S/C11H13ClO2/c12-8-4-1-2-6-10(8)14-11-7-3-5-9(11)13/h1-2,4,6,9,11,13H,3,5,7H2/t9-,11-/m1/s1. The molecule has 2 nitrogen and oxygen atoms in total. The van der Waals surface area contributed by atoms with E-state index >= 15 is 0 Å². The van der Waals surface area contributed by atoms with Crippen molar-refractivity contribution in [3.63, 3.8) is 0 Å². The van der Waals surface area contributed by atoms with E-state index in [1.165, 1.54) is 0 Å². The number of rotatable bonds is 2. The zero-order valence-corrected chi connectivity index (χ0v) is 8.57. The Morgan fingerprint density at radius 2 is 2.07 bits per heavy atom. The van der Waals surface area contributed by atoms with E-state index in [0.29, 0.717) is 10.8 Å². The summed E-state index contributed by atoms with van der Waals surface area (Å²) in [6.45, 7) is 0. The molecule has 1 aliphatic carbocycles. The van der Waals surface area contributed by atoms with Gasteiger partial charge in [0.25, 0.3) is 0 Å². The van der Waals surface area contributed by atoms with Crippen LogP contribution in [0.4, 0.5) is 0 Å². The second kappa shape index (κ2) is 4.20. The lowest BCUT2D eigenvalue weighted by Gasteiger charge is -2.17. The molecular weight excluding hydrogens is 200 g/mol. The molecule has 1 aromatic rings. The highest BCUT2D eigenvalue weighted by Gasteiger charge is 2.27. The first-order valence-corrected chi connectivity index (χ1v) is 5.24. The van der Waals surface area contributed by atoms with Gasteiger partial charge >= 0.3 is 0 Å². The lowest BCUT2D eigenvalue weighted by Crippen LogP contribution is -2.25. The van der Waals surface area contributed by atoms with Crippen molar-refractivity contribution in [2.75, 3.05) is 0 Å². The van der Waals surface area contributed by atoms with Crippen LogP contribution in [0.15, 0.2) is 24.3 Å². The molecule has 14 heavy (non-hydrogen) atoms. The minimum absolute atomic E-state index is 0.0881. The van der Waals surface area contributed by atoms with Gasteiger partial charge in [-0.05, 0) is 31.4 Å². The summed E-state index contributed by atoms with van der Waals surface area (Å²) < 4.78 is 5.64. The van der Waals surface area contributed by atoms with E-state index in [2.05, 4.69) is 0 Å². The number of hydrogen-bond acceptors (Lipinski definition) is 2. The maximum Gasteiger partial charge on any atom is 0.138 e. The third-order valence-corrected chi connectivity index (χ3v) is 2.84. The van der Waals surface area contributed by atoms with E-state index in [0.717, 1.165) is 19.3 Å². The van der Waals surface area contributed by atoms with Crippen LogP contribution in [0.1, 0.15) is 19.3 Å². The normalized spacial score (nSPS) is 26.4. The summed E-state index contributed by atoms with van der Waals surface area (Å²) in [5.74, 6) is 0.667. The molecule has 1 saturated carbocycles. The van der Waals surface area contributed by atoms with E-state index < -0.39 is 0 Å². The molecule has 2 rings (SSSR count). The fraction of sp³-hybridized carbons (Fsp3) is 0.455. The first kappa shape index (κ1) is 9.81. The van der Waals surface area contributed by atoms with Crippen LogP contribution in [0.25, 0.3) is 0 Å². The Labute approximate surface area is 88.5 Å². The van der Waals surface area contributed by atoms with E-state index in [1.54, 1.807) is 6.07 Å². The van der Waals surface area contributed by atoms with Crippen molar-refractivity contribution in [2.24, 2.45) is 0 Å². The number of halogens is 1. The Morgan fingerprint density at radius 3 is 2.71 bits per heavy atom. The van der Waals surface area contributed by atoms with Gasteiger partial charge in [0.15, 0.2) is 0 Å². The molecule has 1 aliphatic rings. The van der Waals surface area contributed by atoms with E-state index in [4.69, 9.17) is 16.3 Å². The molecular formula is C11H13ClO2. The molecule has 0 aromatic heterocycles. The van der Waals surface area contributed by atoms with Crippen LogP contribution < -0.4 is 4.74 Å². The van der Waals surface area contributed by atoms with Crippen LogP contribution in [0, 0.1) is 0 Å². The first-order chi connectivity index (χ1) is 6.77. The molecule has 0 bridgehead atoms. The molecule has 76 valence electrons. The Bertz CT molecular complexity index is 314. The van der Waals surface area contributed by atoms with Crippen LogP contribution in [0.5, 0.6) is 5.75 Å². The van der Waals surface area contributed by atoms with Crippen LogP contribution >= 0.6 is 11.6 Å². The van der Waals surface area contributed by atoms with Crippen LogP contribution in [0.3, 0.4) is 0 Å². The van der Waals surface area contributed by atoms with Gasteiger partial charge in [-0.25, -0.2) is 0 Å².